The second kappa shape index (κ2) is 14.6. The molecular weight excluding hydrogens is 716 g/mol. The number of hydrogen-bond donors (Lipinski definition) is 0. The third-order valence-electron chi connectivity index (χ3n) is 11.9. The second-order valence-electron chi connectivity index (χ2n) is 17.0. The Morgan fingerprint density at radius 3 is 0.690 bits per heavy atom. The fourth-order valence-electron chi connectivity index (χ4n) is 10.3. The third kappa shape index (κ3) is 6.38. The Morgan fingerprint density at radius 2 is 0.500 bits per heavy atom. The first-order valence-corrected chi connectivity index (χ1v) is 20.3. The van der Waals surface area contributed by atoms with Gasteiger partial charge in [0.15, 0.2) is 0 Å². The molecule has 0 aromatic heterocycles. The number of halogens is 2. The van der Waals surface area contributed by atoms with E-state index in [1.165, 1.54) is 22.3 Å². The van der Waals surface area contributed by atoms with Crippen molar-refractivity contribution < 1.29 is 8.78 Å². The Kier molecular flexibility index (Phi) is 9.82. The van der Waals surface area contributed by atoms with Crippen LogP contribution >= 0.6 is 0 Å². The Labute approximate surface area is 344 Å². The van der Waals surface area contributed by atoms with Crippen LogP contribution in [0.25, 0.3) is 0 Å². The topological polar surface area (TPSA) is 13.0 Å². The number of nitrogens with zero attached hydrogens (tertiary/aromatic N) is 4. The van der Waals surface area contributed by atoms with Gasteiger partial charge < -0.3 is 19.2 Å². The summed E-state index contributed by atoms with van der Waals surface area (Å²) in [5.74, 6) is 1.46. The van der Waals surface area contributed by atoms with E-state index in [2.05, 4.69) is 151 Å². The van der Waals surface area contributed by atoms with Crippen molar-refractivity contribution in [3.05, 3.63) is 187 Å². The van der Waals surface area contributed by atoms with Gasteiger partial charge in [-0.3, -0.25) is 0 Å². The molecule has 0 unspecified atom stereocenters. The number of rotatable bonds is 6. The average molecular weight is 769 g/mol. The summed E-state index contributed by atoms with van der Waals surface area (Å²) in [6.07, 6.45) is 0. The molecule has 4 nitrogen and oxygen atoms in total. The van der Waals surface area contributed by atoms with Gasteiger partial charge in [-0.05, 0) is 163 Å². The van der Waals surface area contributed by atoms with Crippen molar-refractivity contribution in [3.8, 4) is 0 Å². The molecular formula is C50H52B2F2N4. The molecule has 292 valence electrons. The quantitative estimate of drug-likeness (QED) is 0.157. The molecule has 0 spiro atoms. The monoisotopic (exact) mass is 768 g/mol. The van der Waals surface area contributed by atoms with Crippen LogP contribution in [0.15, 0.2) is 109 Å². The van der Waals surface area contributed by atoms with Gasteiger partial charge in [-0.2, -0.15) is 0 Å². The average Bonchev–Trinajstić information content (AvgIpc) is 3.61. The molecule has 8 heteroatoms. The lowest BCUT2D eigenvalue weighted by molar-refractivity contribution is 0.628. The van der Waals surface area contributed by atoms with E-state index in [4.69, 9.17) is 0 Å². The van der Waals surface area contributed by atoms with Crippen molar-refractivity contribution >= 4 is 47.6 Å². The Balaban J connectivity index is 1.62. The van der Waals surface area contributed by atoms with Gasteiger partial charge in [0, 0.05) is 22.7 Å². The van der Waals surface area contributed by atoms with Crippen molar-refractivity contribution in [1.82, 2.24) is 0 Å². The molecule has 0 N–H and O–H groups in total. The molecule has 0 bridgehead atoms. The number of hydrogen-bond acceptors (Lipinski definition) is 4. The van der Waals surface area contributed by atoms with Gasteiger partial charge in [-0.15, -0.1) is 0 Å². The van der Waals surface area contributed by atoms with Crippen molar-refractivity contribution in [2.75, 3.05) is 19.2 Å². The lowest BCUT2D eigenvalue weighted by Crippen LogP contribution is -2.65. The van der Waals surface area contributed by atoms with Crippen LogP contribution in [-0.4, -0.2) is 14.0 Å². The molecule has 0 fully saturated rings. The van der Waals surface area contributed by atoms with E-state index in [-0.39, 0.29) is 11.6 Å². The molecule has 0 aliphatic carbocycles. The molecule has 6 aromatic rings. The number of anilines is 4. The highest BCUT2D eigenvalue weighted by atomic mass is 19.1. The van der Waals surface area contributed by atoms with Crippen LogP contribution in [0.3, 0.4) is 0 Å². The van der Waals surface area contributed by atoms with Gasteiger partial charge in [0.2, 0.25) is 0 Å². The van der Waals surface area contributed by atoms with Crippen LogP contribution in [0.2, 0.25) is 0 Å². The molecule has 58 heavy (non-hydrogen) atoms. The van der Waals surface area contributed by atoms with E-state index in [0.29, 0.717) is 0 Å². The highest BCUT2D eigenvalue weighted by Crippen LogP contribution is 2.51. The zero-order chi connectivity index (χ0) is 41.5. The van der Waals surface area contributed by atoms with Crippen molar-refractivity contribution in [2.45, 2.75) is 83.1 Å². The minimum Gasteiger partial charge on any atom is -0.345 e. The summed E-state index contributed by atoms with van der Waals surface area (Å²) in [6, 6.07) is 32.2. The minimum absolute atomic E-state index is 0.276. The smallest absolute Gasteiger partial charge is 0.345 e. The van der Waals surface area contributed by atoms with Crippen LogP contribution in [0.4, 0.5) is 31.5 Å². The van der Waals surface area contributed by atoms with E-state index < -0.39 is 14.0 Å². The molecule has 0 radical (unpaired) electrons. The predicted octanol–water partition coefficient (Wildman–Crippen LogP) is 10.9. The molecule has 0 amide bonds. The maximum Gasteiger partial charge on any atom is 0.423 e. The zero-order valence-corrected chi connectivity index (χ0v) is 35.9. The summed E-state index contributed by atoms with van der Waals surface area (Å²) in [7, 11) is 0. The van der Waals surface area contributed by atoms with Gasteiger partial charge in [-0.1, -0.05) is 95.1 Å². The molecule has 6 aromatic carbocycles. The summed E-state index contributed by atoms with van der Waals surface area (Å²) in [5.41, 5.74) is 20.3. The van der Waals surface area contributed by atoms with Gasteiger partial charge in [0.05, 0.1) is 0 Å². The van der Waals surface area contributed by atoms with Crippen LogP contribution in [0.1, 0.15) is 66.8 Å². The van der Waals surface area contributed by atoms with Crippen LogP contribution in [0.5, 0.6) is 0 Å². The Hall–Kier alpha value is -5.75. The van der Waals surface area contributed by atoms with Gasteiger partial charge in [0.1, 0.15) is 23.3 Å². The largest absolute Gasteiger partial charge is 0.423 e. The summed E-state index contributed by atoms with van der Waals surface area (Å²) in [6.45, 7) is 25.4. The van der Waals surface area contributed by atoms with Gasteiger partial charge >= 0.3 is 14.0 Å². The van der Waals surface area contributed by atoms with Crippen LogP contribution < -0.4 is 30.2 Å². The summed E-state index contributed by atoms with van der Waals surface area (Å²) < 4.78 is 30.0. The molecule has 2 heterocycles. The third-order valence-corrected chi connectivity index (χ3v) is 11.9. The van der Waals surface area contributed by atoms with Crippen molar-refractivity contribution in [1.29, 1.82) is 0 Å². The highest BCUT2D eigenvalue weighted by Gasteiger charge is 2.59. The number of aryl methyl sites for hydroxylation is 12. The highest BCUT2D eigenvalue weighted by molar-refractivity contribution is 6.88. The normalized spacial score (nSPS) is 14.1. The number of benzene rings is 6. The van der Waals surface area contributed by atoms with E-state index in [1.54, 1.807) is 24.3 Å². The molecule has 8 rings (SSSR count). The van der Waals surface area contributed by atoms with E-state index in [1.807, 2.05) is 24.3 Å². The standard InChI is InChI=1S/C50H52B2F2N4/c1-29-21-33(5)45(34(6)22-29)55-49-50(57(47-37(9)25-31(3)26-38(47)10)51(55)41-13-17-43(53)18-14-41)58(48-39(11)27-32(4)28-40(48)12)52(42-15-19-44(54)20-16-42)56(49)46-35(7)23-30(2)24-36(46)8/h13-28H,1-12H3. The Morgan fingerprint density at radius 1 is 0.310 bits per heavy atom. The summed E-state index contributed by atoms with van der Waals surface area (Å²) in [4.78, 5) is 10.1. The summed E-state index contributed by atoms with van der Waals surface area (Å²) >= 11 is 0. The predicted molar refractivity (Wildman–Crippen MR) is 243 cm³/mol. The molecule has 0 saturated carbocycles. The molecule has 2 aliphatic rings. The van der Waals surface area contributed by atoms with Gasteiger partial charge in [0.25, 0.3) is 0 Å². The van der Waals surface area contributed by atoms with Crippen molar-refractivity contribution in [3.63, 3.8) is 0 Å². The second-order valence-corrected chi connectivity index (χ2v) is 17.0. The Bertz CT molecular complexity index is 2240. The van der Waals surface area contributed by atoms with Gasteiger partial charge in [-0.25, -0.2) is 8.78 Å². The molecule has 2 aliphatic heterocycles. The first-order chi connectivity index (χ1) is 27.5. The molecule has 0 saturated heterocycles. The SMILES string of the molecule is Cc1cc(C)c(N2B(c3ccc(F)cc3)N(c3c(C)cc(C)cc3C)C3=C2N(c2c(C)cc(C)cc2C)B(c2ccc(F)cc2)N3c2c(C)cc(C)cc2C)c(C)c1. The van der Waals surface area contributed by atoms with Crippen molar-refractivity contribution in [2.24, 2.45) is 0 Å². The van der Waals surface area contributed by atoms with E-state index in [0.717, 1.165) is 89.8 Å². The lowest BCUT2D eigenvalue weighted by atomic mass is 9.60. The fraction of sp³-hybridized carbons (Fsp3) is 0.240. The van der Waals surface area contributed by atoms with E-state index in [9.17, 15) is 8.78 Å². The minimum atomic E-state index is -0.415. The lowest BCUT2D eigenvalue weighted by Gasteiger charge is -2.44. The van der Waals surface area contributed by atoms with Crippen LogP contribution in [0, 0.1) is 94.7 Å². The molecule has 0 atom stereocenters. The first kappa shape index (κ1) is 39.1. The maximum absolute atomic E-state index is 15.0. The summed E-state index contributed by atoms with van der Waals surface area (Å²) in [5, 5.41) is 0. The maximum atomic E-state index is 15.0. The fourth-order valence-corrected chi connectivity index (χ4v) is 10.3. The van der Waals surface area contributed by atoms with Crippen LogP contribution in [-0.2, 0) is 0 Å². The van der Waals surface area contributed by atoms with E-state index >= 15 is 0 Å². The zero-order valence-electron chi connectivity index (χ0n) is 35.9. The first-order valence-electron chi connectivity index (χ1n) is 20.3.